The van der Waals surface area contributed by atoms with Crippen LogP contribution < -0.4 is 0 Å². The zero-order valence-corrected chi connectivity index (χ0v) is 6.99. The SMILES string of the molecule is O=Cc1cc(F)c(C(F)F)nc1[N+](=O)[O-]. The lowest BCUT2D eigenvalue weighted by atomic mass is 10.2. The Balaban J connectivity index is 3.43. The van der Waals surface area contributed by atoms with Crippen LogP contribution in [0.5, 0.6) is 0 Å². The zero-order valence-electron chi connectivity index (χ0n) is 6.99. The molecule has 0 saturated carbocycles. The molecular formula is C7H3F3N2O3. The lowest BCUT2D eigenvalue weighted by Gasteiger charge is -1.99. The highest BCUT2D eigenvalue weighted by atomic mass is 19.3. The van der Waals surface area contributed by atoms with Crippen LogP contribution in [0.1, 0.15) is 22.5 Å². The minimum Gasteiger partial charge on any atom is -0.358 e. The van der Waals surface area contributed by atoms with Gasteiger partial charge in [0.25, 0.3) is 5.69 Å². The fourth-order valence-electron chi connectivity index (χ4n) is 0.893. The monoisotopic (exact) mass is 220 g/mol. The standard InChI is InChI=1S/C7H3F3N2O3/c8-4-1-3(2-13)7(12(14)15)11-5(4)6(9)10/h1-2,6H. The highest BCUT2D eigenvalue weighted by molar-refractivity contribution is 5.79. The minimum absolute atomic E-state index is 0.0243. The third-order valence-electron chi connectivity index (χ3n) is 1.52. The van der Waals surface area contributed by atoms with Crippen LogP contribution in [-0.4, -0.2) is 16.2 Å². The summed E-state index contributed by atoms with van der Waals surface area (Å²) >= 11 is 0. The van der Waals surface area contributed by atoms with Crippen LogP contribution >= 0.6 is 0 Å². The van der Waals surface area contributed by atoms with E-state index >= 15 is 0 Å². The van der Waals surface area contributed by atoms with Gasteiger partial charge in [0.2, 0.25) is 0 Å². The summed E-state index contributed by atoms with van der Waals surface area (Å²) in [5, 5.41) is 10.3. The average Bonchev–Trinajstić information content (AvgIpc) is 2.16. The van der Waals surface area contributed by atoms with Gasteiger partial charge in [-0.2, -0.15) is 0 Å². The van der Waals surface area contributed by atoms with Gasteiger partial charge in [-0.05, 0) is 16.0 Å². The van der Waals surface area contributed by atoms with E-state index < -0.39 is 34.2 Å². The molecule has 15 heavy (non-hydrogen) atoms. The van der Waals surface area contributed by atoms with Crippen LogP contribution in [0.15, 0.2) is 6.07 Å². The quantitative estimate of drug-likeness (QED) is 0.442. The van der Waals surface area contributed by atoms with Gasteiger partial charge in [-0.1, -0.05) is 0 Å². The van der Waals surface area contributed by atoms with Crippen molar-refractivity contribution in [1.29, 1.82) is 0 Å². The second kappa shape index (κ2) is 4.03. The second-order valence-electron chi connectivity index (χ2n) is 2.44. The highest BCUT2D eigenvalue weighted by Crippen LogP contribution is 2.24. The van der Waals surface area contributed by atoms with E-state index in [9.17, 15) is 28.1 Å². The summed E-state index contributed by atoms with van der Waals surface area (Å²) in [6.07, 6.45) is -3.30. The molecule has 0 radical (unpaired) electrons. The van der Waals surface area contributed by atoms with E-state index in [4.69, 9.17) is 0 Å². The van der Waals surface area contributed by atoms with Crippen LogP contribution in [0, 0.1) is 15.9 Å². The minimum atomic E-state index is -3.27. The van der Waals surface area contributed by atoms with Crippen LogP contribution in [0.25, 0.3) is 0 Å². The van der Waals surface area contributed by atoms with Crippen molar-refractivity contribution in [2.24, 2.45) is 0 Å². The topological polar surface area (TPSA) is 73.1 Å². The van der Waals surface area contributed by atoms with Crippen LogP contribution in [0.3, 0.4) is 0 Å². The molecule has 0 aliphatic heterocycles. The zero-order chi connectivity index (χ0) is 11.6. The molecule has 0 N–H and O–H groups in total. The molecule has 1 rings (SSSR count). The first-order valence-electron chi connectivity index (χ1n) is 3.55. The molecule has 1 aromatic heterocycles. The van der Waals surface area contributed by atoms with Crippen molar-refractivity contribution < 1.29 is 22.9 Å². The molecule has 0 bridgehead atoms. The van der Waals surface area contributed by atoms with Crippen molar-refractivity contribution in [2.45, 2.75) is 6.43 Å². The predicted molar refractivity (Wildman–Crippen MR) is 41.2 cm³/mol. The van der Waals surface area contributed by atoms with Gasteiger partial charge in [0.05, 0.1) is 0 Å². The maximum Gasteiger partial charge on any atom is 0.374 e. The number of alkyl halides is 2. The average molecular weight is 220 g/mol. The van der Waals surface area contributed by atoms with Crippen molar-refractivity contribution in [3.8, 4) is 0 Å². The summed E-state index contributed by atoms with van der Waals surface area (Å²) in [6, 6.07) is 0.361. The molecule has 0 aliphatic rings. The molecule has 0 fully saturated rings. The first-order valence-corrected chi connectivity index (χ1v) is 3.55. The Kier molecular flexibility index (Phi) is 2.98. The number of aldehydes is 1. The highest BCUT2D eigenvalue weighted by Gasteiger charge is 2.27. The number of carbonyl (C=O) groups excluding carboxylic acids is 1. The van der Waals surface area contributed by atoms with Crippen LogP contribution in [0.4, 0.5) is 19.0 Å². The van der Waals surface area contributed by atoms with Gasteiger partial charge in [-0.3, -0.25) is 4.79 Å². The van der Waals surface area contributed by atoms with Crippen molar-refractivity contribution in [1.82, 2.24) is 4.98 Å². The lowest BCUT2D eigenvalue weighted by Crippen LogP contribution is -2.04. The summed E-state index contributed by atoms with van der Waals surface area (Å²) in [6.45, 7) is 0. The number of hydrogen-bond donors (Lipinski definition) is 0. The fourth-order valence-corrected chi connectivity index (χ4v) is 0.893. The Morgan fingerprint density at radius 2 is 2.13 bits per heavy atom. The summed E-state index contributed by atoms with van der Waals surface area (Å²) in [7, 11) is 0. The van der Waals surface area contributed by atoms with Crippen LogP contribution in [0.2, 0.25) is 0 Å². The number of halogens is 3. The smallest absolute Gasteiger partial charge is 0.358 e. The maximum atomic E-state index is 12.8. The van der Waals surface area contributed by atoms with Gasteiger partial charge in [-0.15, -0.1) is 0 Å². The maximum absolute atomic E-state index is 12.8. The normalized spacial score (nSPS) is 10.4. The molecule has 0 aromatic carbocycles. The third-order valence-corrected chi connectivity index (χ3v) is 1.52. The number of nitro groups is 1. The Labute approximate surface area is 80.7 Å². The summed E-state index contributed by atoms with van der Waals surface area (Å²) < 4.78 is 37.0. The van der Waals surface area contributed by atoms with Crippen molar-refractivity contribution in [2.75, 3.05) is 0 Å². The van der Waals surface area contributed by atoms with E-state index in [1.807, 2.05) is 0 Å². The van der Waals surface area contributed by atoms with Gasteiger partial charge in [-0.25, -0.2) is 13.2 Å². The molecule has 0 aliphatic carbocycles. The van der Waals surface area contributed by atoms with E-state index in [1.54, 1.807) is 0 Å². The summed E-state index contributed by atoms with van der Waals surface area (Å²) in [5.74, 6) is -2.53. The van der Waals surface area contributed by atoms with Crippen molar-refractivity contribution in [3.05, 3.63) is 33.3 Å². The van der Waals surface area contributed by atoms with Crippen molar-refractivity contribution >= 4 is 12.1 Å². The molecule has 1 aromatic rings. The second-order valence-corrected chi connectivity index (χ2v) is 2.44. The lowest BCUT2D eigenvalue weighted by molar-refractivity contribution is -0.390. The molecule has 8 heteroatoms. The molecule has 0 saturated heterocycles. The van der Waals surface area contributed by atoms with E-state index in [0.717, 1.165) is 0 Å². The number of hydrogen-bond acceptors (Lipinski definition) is 4. The van der Waals surface area contributed by atoms with Gasteiger partial charge in [0, 0.05) is 0 Å². The third kappa shape index (κ3) is 2.09. The molecule has 0 spiro atoms. The number of carbonyl (C=O) groups is 1. The van der Waals surface area contributed by atoms with E-state index in [1.165, 1.54) is 0 Å². The number of aromatic nitrogens is 1. The predicted octanol–water partition coefficient (Wildman–Crippen LogP) is 1.88. The van der Waals surface area contributed by atoms with Gasteiger partial charge in [0.1, 0.15) is 5.56 Å². The van der Waals surface area contributed by atoms with E-state index in [-0.39, 0.29) is 6.29 Å². The summed E-state index contributed by atoms with van der Waals surface area (Å²) in [4.78, 5) is 22.2. The summed E-state index contributed by atoms with van der Waals surface area (Å²) in [5.41, 5.74) is -2.02. The van der Waals surface area contributed by atoms with Crippen molar-refractivity contribution in [3.63, 3.8) is 0 Å². The van der Waals surface area contributed by atoms with Crippen LogP contribution in [-0.2, 0) is 0 Å². The van der Waals surface area contributed by atoms with Gasteiger partial charge in [0.15, 0.2) is 12.1 Å². The van der Waals surface area contributed by atoms with Gasteiger partial charge >= 0.3 is 12.2 Å². The Hall–Kier alpha value is -1.99. The van der Waals surface area contributed by atoms with Gasteiger partial charge < -0.3 is 10.1 Å². The molecule has 0 unspecified atom stereocenters. The Bertz CT molecular complexity index is 422. The molecule has 0 atom stereocenters. The number of nitrogens with zero attached hydrogens (tertiary/aromatic N) is 2. The molecule has 0 amide bonds. The molecular weight excluding hydrogens is 217 g/mol. The first-order chi connectivity index (χ1) is 6.97. The molecule has 1 heterocycles. The first kappa shape index (κ1) is 11.1. The number of pyridine rings is 1. The number of rotatable bonds is 3. The van der Waals surface area contributed by atoms with E-state index in [2.05, 4.69) is 4.98 Å². The molecule has 80 valence electrons. The molecule has 5 nitrogen and oxygen atoms in total. The van der Waals surface area contributed by atoms with E-state index in [0.29, 0.717) is 6.07 Å². The largest absolute Gasteiger partial charge is 0.374 e. The Morgan fingerprint density at radius 3 is 2.53 bits per heavy atom. The fraction of sp³-hybridized carbons (Fsp3) is 0.143. The Morgan fingerprint density at radius 1 is 1.53 bits per heavy atom.